The summed E-state index contributed by atoms with van der Waals surface area (Å²) in [5.74, 6) is 0. The van der Waals surface area contributed by atoms with Crippen LogP contribution in [-0.4, -0.2) is 4.57 Å². The third kappa shape index (κ3) is 2.45. The molecular weight excluding hydrogens is 266 g/mol. The zero-order valence-corrected chi connectivity index (χ0v) is 12.1. The highest BCUT2D eigenvalue weighted by molar-refractivity contribution is 7.09. The van der Waals surface area contributed by atoms with Crippen molar-refractivity contribution in [3.8, 4) is 11.3 Å². The highest BCUT2D eigenvalue weighted by atomic mass is 32.1. The van der Waals surface area contributed by atoms with Gasteiger partial charge >= 0.3 is 4.87 Å². The first-order valence-electron chi connectivity index (χ1n) is 6.55. The standard InChI is InChI=1S/C17H15NOS/c1-13-16(15-10-6-3-7-11-15)18(17(19)20-13)12-14-8-4-2-5-9-14/h2-11H,12H2,1H3. The molecule has 2 aromatic carbocycles. The average molecular weight is 281 g/mol. The van der Waals surface area contributed by atoms with Gasteiger partial charge in [0.15, 0.2) is 0 Å². The van der Waals surface area contributed by atoms with Crippen LogP contribution in [0.4, 0.5) is 0 Å². The molecule has 3 rings (SSSR count). The van der Waals surface area contributed by atoms with Crippen molar-refractivity contribution in [3.05, 3.63) is 80.8 Å². The number of aryl methyl sites for hydroxylation is 1. The molecule has 0 bridgehead atoms. The van der Waals surface area contributed by atoms with Gasteiger partial charge in [-0.15, -0.1) is 0 Å². The van der Waals surface area contributed by atoms with Gasteiger partial charge in [0, 0.05) is 4.88 Å². The zero-order chi connectivity index (χ0) is 13.9. The Hall–Kier alpha value is -2.13. The van der Waals surface area contributed by atoms with Gasteiger partial charge in [-0.1, -0.05) is 72.0 Å². The Morgan fingerprint density at radius 3 is 2.20 bits per heavy atom. The number of hydrogen-bond donors (Lipinski definition) is 0. The van der Waals surface area contributed by atoms with Crippen molar-refractivity contribution in [2.75, 3.05) is 0 Å². The molecule has 2 nitrogen and oxygen atoms in total. The number of rotatable bonds is 3. The van der Waals surface area contributed by atoms with Crippen molar-refractivity contribution in [3.63, 3.8) is 0 Å². The molecule has 3 aromatic rings. The van der Waals surface area contributed by atoms with Crippen LogP contribution < -0.4 is 4.87 Å². The number of nitrogens with zero attached hydrogens (tertiary/aromatic N) is 1. The predicted molar refractivity (Wildman–Crippen MR) is 84.3 cm³/mol. The molecule has 0 saturated heterocycles. The summed E-state index contributed by atoms with van der Waals surface area (Å²) >= 11 is 1.32. The molecule has 0 fully saturated rings. The van der Waals surface area contributed by atoms with E-state index in [0.717, 1.165) is 21.7 Å². The second kappa shape index (κ2) is 5.47. The lowest BCUT2D eigenvalue weighted by Gasteiger charge is -2.09. The average Bonchev–Trinajstić information content (AvgIpc) is 2.75. The largest absolute Gasteiger partial charge is 0.308 e. The Morgan fingerprint density at radius 1 is 0.950 bits per heavy atom. The second-order valence-electron chi connectivity index (χ2n) is 4.71. The van der Waals surface area contributed by atoms with E-state index >= 15 is 0 Å². The molecule has 0 spiro atoms. The molecule has 0 radical (unpaired) electrons. The van der Waals surface area contributed by atoms with Crippen LogP contribution in [0.1, 0.15) is 10.4 Å². The SMILES string of the molecule is Cc1sc(=O)n(Cc2ccccc2)c1-c1ccccc1. The summed E-state index contributed by atoms with van der Waals surface area (Å²) < 4.78 is 1.87. The molecule has 3 heteroatoms. The van der Waals surface area contributed by atoms with Gasteiger partial charge < -0.3 is 0 Å². The van der Waals surface area contributed by atoms with Crippen molar-refractivity contribution < 1.29 is 0 Å². The van der Waals surface area contributed by atoms with E-state index in [9.17, 15) is 4.79 Å². The van der Waals surface area contributed by atoms with Gasteiger partial charge in [0.05, 0.1) is 12.2 Å². The first-order valence-corrected chi connectivity index (χ1v) is 7.37. The van der Waals surface area contributed by atoms with Gasteiger partial charge in [0.2, 0.25) is 0 Å². The van der Waals surface area contributed by atoms with Gasteiger partial charge in [-0.05, 0) is 18.1 Å². The molecule has 0 aliphatic carbocycles. The first-order chi connectivity index (χ1) is 9.75. The maximum atomic E-state index is 12.2. The zero-order valence-electron chi connectivity index (χ0n) is 11.2. The number of thiazole rings is 1. The van der Waals surface area contributed by atoms with Gasteiger partial charge in [-0.3, -0.25) is 9.36 Å². The molecule has 0 saturated carbocycles. The number of hydrogen-bond acceptors (Lipinski definition) is 2. The van der Waals surface area contributed by atoms with E-state index in [2.05, 4.69) is 12.1 Å². The molecule has 1 heterocycles. The predicted octanol–water partition coefficient (Wildman–Crippen LogP) is 3.93. The molecule has 0 aliphatic heterocycles. The van der Waals surface area contributed by atoms with E-state index in [1.54, 1.807) is 0 Å². The lowest BCUT2D eigenvalue weighted by atomic mass is 10.1. The fourth-order valence-corrected chi connectivity index (χ4v) is 3.23. The fourth-order valence-electron chi connectivity index (χ4n) is 2.38. The number of aromatic nitrogens is 1. The molecule has 0 atom stereocenters. The third-order valence-electron chi connectivity index (χ3n) is 3.29. The second-order valence-corrected chi connectivity index (χ2v) is 5.88. The van der Waals surface area contributed by atoms with Crippen LogP contribution in [0.3, 0.4) is 0 Å². The lowest BCUT2D eigenvalue weighted by molar-refractivity contribution is 0.790. The molecule has 0 unspecified atom stereocenters. The summed E-state index contributed by atoms with van der Waals surface area (Å²) in [4.78, 5) is 13.4. The minimum Gasteiger partial charge on any atom is -0.294 e. The van der Waals surface area contributed by atoms with Crippen LogP contribution in [0, 0.1) is 6.92 Å². The quantitative estimate of drug-likeness (QED) is 0.713. The molecule has 0 aliphatic rings. The Labute approximate surface area is 122 Å². The van der Waals surface area contributed by atoms with Gasteiger partial charge in [0.25, 0.3) is 0 Å². The number of benzene rings is 2. The summed E-state index contributed by atoms with van der Waals surface area (Å²) in [5.41, 5.74) is 3.27. The van der Waals surface area contributed by atoms with E-state index < -0.39 is 0 Å². The minimum atomic E-state index is 0.102. The summed E-state index contributed by atoms with van der Waals surface area (Å²) in [6, 6.07) is 20.2. The van der Waals surface area contributed by atoms with Crippen molar-refractivity contribution in [1.29, 1.82) is 0 Å². The van der Waals surface area contributed by atoms with Gasteiger partial charge in [0.1, 0.15) is 0 Å². The molecular formula is C17H15NOS. The maximum absolute atomic E-state index is 12.2. The summed E-state index contributed by atoms with van der Waals surface area (Å²) in [5, 5.41) is 0. The Kier molecular flexibility index (Phi) is 3.52. The molecule has 1 aromatic heterocycles. The van der Waals surface area contributed by atoms with Crippen LogP contribution in [0.25, 0.3) is 11.3 Å². The van der Waals surface area contributed by atoms with Crippen LogP contribution in [0.5, 0.6) is 0 Å². The summed E-state index contributed by atoms with van der Waals surface area (Å²) in [6.45, 7) is 2.63. The van der Waals surface area contributed by atoms with E-state index in [1.807, 2.05) is 60.0 Å². The topological polar surface area (TPSA) is 22.0 Å². The maximum Gasteiger partial charge on any atom is 0.308 e. The Morgan fingerprint density at radius 2 is 1.55 bits per heavy atom. The van der Waals surface area contributed by atoms with Crippen molar-refractivity contribution in [2.24, 2.45) is 0 Å². The van der Waals surface area contributed by atoms with Gasteiger partial charge in [-0.25, -0.2) is 0 Å². The van der Waals surface area contributed by atoms with Crippen LogP contribution in [0.2, 0.25) is 0 Å². The highest BCUT2D eigenvalue weighted by Gasteiger charge is 2.13. The van der Waals surface area contributed by atoms with Crippen LogP contribution in [0.15, 0.2) is 65.5 Å². The molecule has 0 amide bonds. The van der Waals surface area contributed by atoms with Gasteiger partial charge in [-0.2, -0.15) is 0 Å². The molecule has 20 heavy (non-hydrogen) atoms. The smallest absolute Gasteiger partial charge is 0.294 e. The Bertz CT molecular complexity index is 757. The van der Waals surface area contributed by atoms with Crippen molar-refractivity contribution >= 4 is 11.3 Å². The van der Waals surface area contributed by atoms with Crippen LogP contribution in [-0.2, 0) is 6.54 Å². The van der Waals surface area contributed by atoms with E-state index in [4.69, 9.17) is 0 Å². The third-order valence-corrected chi connectivity index (χ3v) is 4.19. The molecule has 100 valence electrons. The first kappa shape index (κ1) is 12.9. The lowest BCUT2D eigenvalue weighted by Crippen LogP contribution is -2.15. The summed E-state index contributed by atoms with van der Waals surface area (Å²) in [6.07, 6.45) is 0. The summed E-state index contributed by atoms with van der Waals surface area (Å²) in [7, 11) is 0. The van der Waals surface area contributed by atoms with Crippen LogP contribution >= 0.6 is 11.3 Å². The minimum absolute atomic E-state index is 0.102. The van der Waals surface area contributed by atoms with Crippen molar-refractivity contribution in [1.82, 2.24) is 4.57 Å². The molecule has 0 N–H and O–H groups in total. The highest BCUT2D eigenvalue weighted by Crippen LogP contribution is 2.25. The fraction of sp³-hybridized carbons (Fsp3) is 0.118. The Balaban J connectivity index is 2.10. The van der Waals surface area contributed by atoms with E-state index in [1.165, 1.54) is 11.3 Å². The monoisotopic (exact) mass is 281 g/mol. The van der Waals surface area contributed by atoms with Crippen molar-refractivity contribution in [2.45, 2.75) is 13.5 Å². The normalized spacial score (nSPS) is 10.7. The van der Waals surface area contributed by atoms with E-state index in [-0.39, 0.29) is 4.87 Å². The van der Waals surface area contributed by atoms with E-state index in [0.29, 0.717) is 6.54 Å².